The van der Waals surface area contributed by atoms with Gasteiger partial charge >= 0.3 is 0 Å². The first-order valence-corrected chi connectivity index (χ1v) is 8.61. The Balaban J connectivity index is 1.52. The highest BCUT2D eigenvalue weighted by molar-refractivity contribution is 5.75. The molecule has 2 aromatic heterocycles. The van der Waals surface area contributed by atoms with Crippen LogP contribution in [-0.4, -0.2) is 28.8 Å². The summed E-state index contributed by atoms with van der Waals surface area (Å²) in [7, 11) is 0. The van der Waals surface area contributed by atoms with E-state index in [0.717, 1.165) is 21.6 Å². The number of carbonyl (C=O) groups is 1. The summed E-state index contributed by atoms with van der Waals surface area (Å²) in [6.07, 6.45) is 1.52. The van der Waals surface area contributed by atoms with Crippen LogP contribution in [0.2, 0.25) is 0 Å². The fourth-order valence-corrected chi connectivity index (χ4v) is 2.69. The summed E-state index contributed by atoms with van der Waals surface area (Å²) in [6.45, 7) is 4.51. The molecule has 0 spiro atoms. The van der Waals surface area contributed by atoms with Crippen LogP contribution in [0.3, 0.4) is 0 Å². The maximum absolute atomic E-state index is 12.1. The van der Waals surface area contributed by atoms with Gasteiger partial charge in [-0.05, 0) is 55.3 Å². The van der Waals surface area contributed by atoms with Crippen molar-refractivity contribution in [1.29, 1.82) is 0 Å². The van der Waals surface area contributed by atoms with E-state index in [9.17, 15) is 9.59 Å². The third kappa shape index (κ3) is 5.07. The number of rotatable bonds is 7. The van der Waals surface area contributed by atoms with Crippen molar-refractivity contribution >= 4 is 5.91 Å². The normalized spacial score (nSPS) is 10.6. The van der Waals surface area contributed by atoms with Crippen molar-refractivity contribution in [1.82, 2.24) is 15.1 Å². The molecule has 1 N–H and O–H groups in total. The van der Waals surface area contributed by atoms with Crippen LogP contribution in [0.5, 0.6) is 5.75 Å². The highest BCUT2D eigenvalue weighted by atomic mass is 16.5. The molecule has 0 fully saturated rings. The maximum atomic E-state index is 12.1. The van der Waals surface area contributed by atoms with Gasteiger partial charge in [0.25, 0.3) is 5.56 Å². The Kier molecular flexibility index (Phi) is 5.71. The van der Waals surface area contributed by atoms with Gasteiger partial charge in [-0.25, -0.2) is 4.68 Å². The third-order valence-corrected chi connectivity index (χ3v) is 3.82. The summed E-state index contributed by atoms with van der Waals surface area (Å²) in [5, 5.41) is 6.89. The second-order valence-corrected chi connectivity index (χ2v) is 6.21. The lowest BCUT2D eigenvalue weighted by atomic mass is 10.1. The first-order valence-electron chi connectivity index (χ1n) is 8.61. The molecule has 1 aromatic carbocycles. The third-order valence-electron chi connectivity index (χ3n) is 3.82. The lowest BCUT2D eigenvalue weighted by molar-refractivity contribution is -0.122. The average Bonchev–Trinajstić information content (AvgIpc) is 3.14. The monoisotopic (exact) mass is 367 g/mol. The van der Waals surface area contributed by atoms with Crippen molar-refractivity contribution < 1.29 is 13.9 Å². The van der Waals surface area contributed by atoms with Gasteiger partial charge in [-0.1, -0.05) is 6.07 Å². The van der Waals surface area contributed by atoms with E-state index in [4.69, 9.17) is 9.15 Å². The van der Waals surface area contributed by atoms with Gasteiger partial charge in [0.05, 0.1) is 12.8 Å². The molecule has 0 aliphatic rings. The van der Waals surface area contributed by atoms with E-state index in [-0.39, 0.29) is 18.0 Å². The number of nitrogens with one attached hydrogen (secondary N) is 1. The molecule has 0 radical (unpaired) electrons. The molecule has 27 heavy (non-hydrogen) atoms. The van der Waals surface area contributed by atoms with Crippen LogP contribution in [0.25, 0.3) is 11.5 Å². The smallest absolute Gasteiger partial charge is 0.267 e. The van der Waals surface area contributed by atoms with E-state index in [1.165, 1.54) is 12.3 Å². The van der Waals surface area contributed by atoms with E-state index in [0.29, 0.717) is 24.6 Å². The minimum Gasteiger partial charge on any atom is -0.492 e. The minimum absolute atomic E-state index is 0.170. The molecule has 1 amide bonds. The minimum atomic E-state index is -0.355. The van der Waals surface area contributed by atoms with Crippen molar-refractivity contribution in [2.24, 2.45) is 0 Å². The highest BCUT2D eigenvalue weighted by Gasteiger charge is 2.09. The number of nitrogens with zero attached hydrogens (tertiary/aromatic N) is 2. The fourth-order valence-electron chi connectivity index (χ4n) is 2.69. The number of amides is 1. The van der Waals surface area contributed by atoms with Crippen LogP contribution in [0.4, 0.5) is 0 Å². The number of aromatic nitrogens is 2. The van der Waals surface area contributed by atoms with E-state index in [1.54, 1.807) is 18.2 Å². The van der Waals surface area contributed by atoms with Crippen molar-refractivity contribution in [3.8, 4) is 17.2 Å². The summed E-state index contributed by atoms with van der Waals surface area (Å²) in [5.41, 5.74) is 2.38. The van der Waals surface area contributed by atoms with Gasteiger partial charge in [-0.15, -0.1) is 0 Å². The van der Waals surface area contributed by atoms with E-state index >= 15 is 0 Å². The number of carbonyl (C=O) groups excluding carboxylic acids is 1. The first-order chi connectivity index (χ1) is 13.0. The molecular weight excluding hydrogens is 346 g/mol. The van der Waals surface area contributed by atoms with Gasteiger partial charge in [0.15, 0.2) is 5.76 Å². The summed E-state index contributed by atoms with van der Waals surface area (Å²) in [6, 6.07) is 12.3. The molecule has 0 aliphatic heterocycles. The zero-order chi connectivity index (χ0) is 19.2. The van der Waals surface area contributed by atoms with Crippen LogP contribution in [0.15, 0.2) is 57.9 Å². The Labute approximate surface area is 156 Å². The molecule has 0 unspecified atom stereocenters. The topological polar surface area (TPSA) is 86.4 Å². The number of hydrogen-bond acceptors (Lipinski definition) is 5. The van der Waals surface area contributed by atoms with Gasteiger partial charge in [0, 0.05) is 6.07 Å². The largest absolute Gasteiger partial charge is 0.492 e. The number of aryl methyl sites for hydroxylation is 2. The van der Waals surface area contributed by atoms with Crippen molar-refractivity contribution in [2.45, 2.75) is 20.4 Å². The predicted molar refractivity (Wildman–Crippen MR) is 101 cm³/mol. The predicted octanol–water partition coefficient (Wildman–Crippen LogP) is 2.32. The van der Waals surface area contributed by atoms with Crippen LogP contribution in [0, 0.1) is 13.8 Å². The lowest BCUT2D eigenvalue weighted by Crippen LogP contribution is -2.35. The molecule has 0 atom stereocenters. The number of hydrogen-bond donors (Lipinski definition) is 1. The SMILES string of the molecule is Cc1cc(C)cc(OCCNC(=O)Cn2nc(-c3ccco3)ccc2=O)c1. The number of benzene rings is 1. The molecule has 0 saturated carbocycles. The summed E-state index contributed by atoms with van der Waals surface area (Å²) in [5.74, 6) is 0.988. The highest BCUT2D eigenvalue weighted by Crippen LogP contribution is 2.16. The van der Waals surface area contributed by atoms with Gasteiger partial charge in [-0.2, -0.15) is 5.10 Å². The first kappa shape index (κ1) is 18.4. The van der Waals surface area contributed by atoms with Gasteiger partial charge < -0.3 is 14.5 Å². The molecule has 0 bridgehead atoms. The van der Waals surface area contributed by atoms with Crippen LogP contribution < -0.4 is 15.6 Å². The zero-order valence-corrected chi connectivity index (χ0v) is 15.3. The Morgan fingerprint density at radius 1 is 1.19 bits per heavy atom. The Morgan fingerprint density at radius 2 is 1.96 bits per heavy atom. The van der Waals surface area contributed by atoms with Gasteiger partial charge in [0.2, 0.25) is 5.91 Å². The summed E-state index contributed by atoms with van der Waals surface area (Å²) in [4.78, 5) is 24.0. The lowest BCUT2D eigenvalue weighted by Gasteiger charge is -2.10. The standard InChI is InChI=1S/C20H21N3O4/c1-14-10-15(2)12-16(11-14)26-9-7-21-19(24)13-23-20(25)6-5-17(22-23)18-4-3-8-27-18/h3-6,8,10-12H,7,9,13H2,1-2H3,(H,21,24). The van der Waals surface area contributed by atoms with Crippen LogP contribution in [0.1, 0.15) is 11.1 Å². The average molecular weight is 367 g/mol. The quantitative estimate of drug-likeness (QED) is 0.648. The number of furan rings is 1. The second-order valence-electron chi connectivity index (χ2n) is 6.21. The van der Waals surface area contributed by atoms with Crippen molar-refractivity contribution in [2.75, 3.05) is 13.2 Å². The molecule has 0 aliphatic carbocycles. The molecule has 0 saturated heterocycles. The Morgan fingerprint density at radius 3 is 2.67 bits per heavy atom. The van der Waals surface area contributed by atoms with Gasteiger partial charge in [-0.3, -0.25) is 9.59 Å². The fraction of sp³-hybridized carbons (Fsp3) is 0.250. The molecule has 2 heterocycles. The Bertz CT molecular complexity index is 957. The second kappa shape index (κ2) is 8.35. The van der Waals surface area contributed by atoms with Crippen LogP contribution in [-0.2, 0) is 11.3 Å². The van der Waals surface area contributed by atoms with Gasteiger partial charge in [0.1, 0.15) is 24.6 Å². The molecule has 3 aromatic rings. The molecule has 7 heteroatoms. The zero-order valence-electron chi connectivity index (χ0n) is 15.3. The molecular formula is C20H21N3O4. The molecule has 7 nitrogen and oxygen atoms in total. The van der Waals surface area contributed by atoms with Crippen molar-refractivity contribution in [3.05, 3.63) is 70.2 Å². The van der Waals surface area contributed by atoms with E-state index in [2.05, 4.69) is 16.5 Å². The van der Waals surface area contributed by atoms with E-state index < -0.39 is 0 Å². The number of ether oxygens (including phenoxy) is 1. The van der Waals surface area contributed by atoms with Crippen molar-refractivity contribution in [3.63, 3.8) is 0 Å². The molecule has 3 rings (SSSR count). The van der Waals surface area contributed by atoms with Crippen LogP contribution >= 0.6 is 0 Å². The van der Waals surface area contributed by atoms with E-state index in [1.807, 2.05) is 26.0 Å². The maximum Gasteiger partial charge on any atom is 0.267 e. The summed E-state index contributed by atoms with van der Waals surface area (Å²) >= 11 is 0. The Hall–Kier alpha value is -3.35. The molecule has 140 valence electrons. The summed E-state index contributed by atoms with van der Waals surface area (Å²) < 4.78 is 12.0.